The lowest BCUT2D eigenvalue weighted by atomic mass is 10.2. The summed E-state index contributed by atoms with van der Waals surface area (Å²) in [5.74, 6) is -0.785. The average Bonchev–Trinajstić information content (AvgIpc) is 2.37. The molecule has 0 saturated carbocycles. The molecule has 0 radical (unpaired) electrons. The van der Waals surface area contributed by atoms with Gasteiger partial charge in [-0.2, -0.15) is 0 Å². The number of methoxy groups -OCH3 is 1. The molecule has 18 heavy (non-hydrogen) atoms. The van der Waals surface area contributed by atoms with E-state index in [-0.39, 0.29) is 34.7 Å². The van der Waals surface area contributed by atoms with Gasteiger partial charge in [0.05, 0.1) is 19.1 Å². The van der Waals surface area contributed by atoms with Crippen molar-refractivity contribution in [3.63, 3.8) is 0 Å². The lowest BCUT2D eigenvalue weighted by Gasteiger charge is -2.16. The second-order valence-corrected chi connectivity index (χ2v) is 4.17. The smallest absolute Gasteiger partial charge is 0.307 e. The zero-order valence-corrected chi connectivity index (χ0v) is 11.3. The Kier molecular flexibility index (Phi) is 5.30. The van der Waals surface area contributed by atoms with Gasteiger partial charge in [-0.3, -0.25) is 9.59 Å². The Hall–Kier alpha value is -1.40. The fourth-order valence-electron chi connectivity index (χ4n) is 1.17. The van der Waals surface area contributed by atoms with E-state index in [2.05, 4.69) is 14.9 Å². The van der Waals surface area contributed by atoms with E-state index in [9.17, 15) is 9.59 Å². The quantitative estimate of drug-likeness (QED) is 0.785. The molecule has 0 aliphatic rings. The van der Waals surface area contributed by atoms with Crippen LogP contribution in [0.3, 0.4) is 0 Å². The van der Waals surface area contributed by atoms with Crippen LogP contribution < -0.4 is 0 Å². The molecule has 1 amide bonds. The van der Waals surface area contributed by atoms with Crippen molar-refractivity contribution in [2.24, 2.45) is 0 Å². The largest absolute Gasteiger partial charge is 0.469 e. The van der Waals surface area contributed by atoms with Gasteiger partial charge in [-0.25, -0.2) is 0 Å². The number of hydrogen-bond acceptors (Lipinski definition) is 5. The third-order valence-electron chi connectivity index (χ3n) is 2.18. The van der Waals surface area contributed by atoms with Crippen LogP contribution in [0.5, 0.6) is 0 Å². The number of amides is 1. The molecular formula is C10H11Cl2N3O3. The molecule has 1 rings (SSSR count). The van der Waals surface area contributed by atoms with Crippen molar-refractivity contribution >= 4 is 35.1 Å². The first-order chi connectivity index (χ1) is 8.45. The van der Waals surface area contributed by atoms with E-state index in [1.54, 1.807) is 0 Å². The van der Waals surface area contributed by atoms with Crippen LogP contribution in [0.2, 0.25) is 10.3 Å². The van der Waals surface area contributed by atoms with E-state index in [0.29, 0.717) is 0 Å². The number of rotatable bonds is 4. The maximum absolute atomic E-state index is 12.0. The molecule has 0 spiro atoms. The minimum Gasteiger partial charge on any atom is -0.469 e. The van der Waals surface area contributed by atoms with Gasteiger partial charge in [0.25, 0.3) is 5.91 Å². The van der Waals surface area contributed by atoms with E-state index in [1.165, 1.54) is 25.1 Å². The maximum atomic E-state index is 12.0. The second kappa shape index (κ2) is 6.51. The van der Waals surface area contributed by atoms with Crippen molar-refractivity contribution in [3.05, 3.63) is 21.9 Å². The molecule has 0 aliphatic carbocycles. The first-order valence-corrected chi connectivity index (χ1v) is 5.72. The van der Waals surface area contributed by atoms with Gasteiger partial charge in [0, 0.05) is 13.6 Å². The van der Waals surface area contributed by atoms with Crippen LogP contribution in [0.15, 0.2) is 6.07 Å². The normalized spacial score (nSPS) is 10.0. The summed E-state index contributed by atoms with van der Waals surface area (Å²) in [4.78, 5) is 24.3. The maximum Gasteiger partial charge on any atom is 0.307 e. The van der Waals surface area contributed by atoms with Crippen molar-refractivity contribution in [2.75, 3.05) is 20.7 Å². The Bertz CT molecular complexity index is 468. The van der Waals surface area contributed by atoms with Crippen molar-refractivity contribution in [2.45, 2.75) is 6.42 Å². The van der Waals surface area contributed by atoms with Gasteiger partial charge in [-0.05, 0) is 6.07 Å². The molecule has 0 unspecified atom stereocenters. The number of carbonyl (C=O) groups is 2. The molecule has 0 saturated heterocycles. The van der Waals surface area contributed by atoms with Crippen LogP contribution in [0.4, 0.5) is 0 Å². The van der Waals surface area contributed by atoms with Crippen LogP contribution in [0.1, 0.15) is 16.8 Å². The average molecular weight is 292 g/mol. The van der Waals surface area contributed by atoms with Crippen molar-refractivity contribution in [1.29, 1.82) is 0 Å². The number of esters is 1. The molecular weight excluding hydrogens is 281 g/mol. The van der Waals surface area contributed by atoms with Crippen LogP contribution in [-0.2, 0) is 9.53 Å². The Morgan fingerprint density at radius 2 is 2.06 bits per heavy atom. The van der Waals surface area contributed by atoms with Crippen LogP contribution >= 0.6 is 23.2 Å². The lowest BCUT2D eigenvalue weighted by molar-refractivity contribution is -0.140. The molecule has 0 aliphatic heterocycles. The molecule has 6 nitrogen and oxygen atoms in total. The summed E-state index contributed by atoms with van der Waals surface area (Å²) in [6, 6.07) is 1.33. The number of nitrogens with zero attached hydrogens (tertiary/aromatic N) is 3. The number of ether oxygens (including phenoxy) is 1. The van der Waals surface area contributed by atoms with Gasteiger partial charge >= 0.3 is 5.97 Å². The molecule has 1 aromatic rings. The highest BCUT2D eigenvalue weighted by molar-refractivity contribution is 6.34. The van der Waals surface area contributed by atoms with Crippen LogP contribution in [0.25, 0.3) is 0 Å². The summed E-state index contributed by atoms with van der Waals surface area (Å²) >= 11 is 11.4. The van der Waals surface area contributed by atoms with Gasteiger partial charge in [0.1, 0.15) is 0 Å². The van der Waals surface area contributed by atoms with Crippen molar-refractivity contribution in [3.8, 4) is 0 Å². The molecule has 0 bridgehead atoms. The van der Waals surface area contributed by atoms with E-state index < -0.39 is 5.97 Å². The molecule has 0 N–H and O–H groups in total. The van der Waals surface area contributed by atoms with E-state index in [1.807, 2.05) is 0 Å². The van der Waals surface area contributed by atoms with Gasteiger partial charge < -0.3 is 9.64 Å². The predicted octanol–water partition coefficient (Wildman–Crippen LogP) is 1.42. The monoisotopic (exact) mass is 291 g/mol. The summed E-state index contributed by atoms with van der Waals surface area (Å²) in [7, 11) is 2.82. The van der Waals surface area contributed by atoms with E-state index in [0.717, 1.165) is 0 Å². The Morgan fingerprint density at radius 1 is 1.39 bits per heavy atom. The van der Waals surface area contributed by atoms with Crippen molar-refractivity contribution in [1.82, 2.24) is 15.1 Å². The minimum absolute atomic E-state index is 0.0330. The molecule has 1 aromatic heterocycles. The summed E-state index contributed by atoms with van der Waals surface area (Å²) in [5.41, 5.74) is 0.143. The highest BCUT2D eigenvalue weighted by Crippen LogP contribution is 2.17. The Balaban J connectivity index is 2.74. The molecule has 1 heterocycles. The van der Waals surface area contributed by atoms with E-state index >= 15 is 0 Å². The van der Waals surface area contributed by atoms with Crippen molar-refractivity contribution < 1.29 is 14.3 Å². The number of aromatic nitrogens is 2. The first kappa shape index (κ1) is 14.7. The topological polar surface area (TPSA) is 72.4 Å². The Morgan fingerprint density at radius 3 is 2.67 bits per heavy atom. The van der Waals surface area contributed by atoms with Crippen LogP contribution in [0, 0.1) is 0 Å². The Labute approximate surface area is 114 Å². The summed E-state index contributed by atoms with van der Waals surface area (Å²) in [6.07, 6.45) is 0.0998. The standard InChI is InChI=1S/C10H11Cl2N3O3/c1-15(4-3-8(16)18-2)10(17)6-5-7(11)13-14-9(6)12/h5H,3-4H2,1-2H3. The van der Waals surface area contributed by atoms with Gasteiger partial charge in [-0.1, -0.05) is 23.2 Å². The molecule has 98 valence electrons. The van der Waals surface area contributed by atoms with E-state index in [4.69, 9.17) is 23.2 Å². The fraction of sp³-hybridized carbons (Fsp3) is 0.400. The number of carbonyl (C=O) groups excluding carboxylic acids is 2. The zero-order chi connectivity index (χ0) is 13.7. The zero-order valence-electron chi connectivity index (χ0n) is 9.81. The molecule has 0 atom stereocenters. The molecule has 0 aromatic carbocycles. The van der Waals surface area contributed by atoms with Crippen LogP contribution in [-0.4, -0.2) is 47.7 Å². The number of hydrogen-bond donors (Lipinski definition) is 0. The summed E-state index contributed by atoms with van der Waals surface area (Å²) < 4.78 is 4.48. The third kappa shape index (κ3) is 3.82. The third-order valence-corrected chi connectivity index (χ3v) is 2.64. The lowest BCUT2D eigenvalue weighted by Crippen LogP contribution is -2.29. The molecule has 0 fully saturated rings. The number of halogens is 2. The molecule has 8 heteroatoms. The predicted molar refractivity (Wildman–Crippen MR) is 65.6 cm³/mol. The highest BCUT2D eigenvalue weighted by Gasteiger charge is 2.18. The van der Waals surface area contributed by atoms with Gasteiger partial charge in [0.15, 0.2) is 10.3 Å². The fourth-order valence-corrected chi connectivity index (χ4v) is 1.49. The minimum atomic E-state index is -0.397. The summed E-state index contributed by atoms with van der Waals surface area (Å²) in [6.45, 7) is 0.210. The highest BCUT2D eigenvalue weighted by atomic mass is 35.5. The summed E-state index contributed by atoms with van der Waals surface area (Å²) in [5, 5.41) is 7.09. The first-order valence-electron chi connectivity index (χ1n) is 4.96. The van der Waals surface area contributed by atoms with Gasteiger partial charge in [-0.15, -0.1) is 10.2 Å². The second-order valence-electron chi connectivity index (χ2n) is 3.42. The SMILES string of the molecule is COC(=O)CCN(C)C(=O)c1cc(Cl)nnc1Cl. The van der Waals surface area contributed by atoms with Gasteiger partial charge in [0.2, 0.25) is 0 Å².